The summed E-state index contributed by atoms with van der Waals surface area (Å²) in [6.45, 7) is 0. The number of nitrogens with two attached hydrogens (primary N) is 1. The van der Waals surface area contributed by atoms with E-state index in [0.29, 0.717) is 11.0 Å². The van der Waals surface area contributed by atoms with Gasteiger partial charge in [0.2, 0.25) is 0 Å². The van der Waals surface area contributed by atoms with Crippen LogP contribution < -0.4 is 5.73 Å². The molecule has 2 aromatic carbocycles. The molecule has 115 valence electrons. The second kappa shape index (κ2) is 5.62. The molecule has 5 nitrogen and oxygen atoms in total. The number of primary amides is 1. The van der Waals surface area contributed by atoms with Crippen molar-refractivity contribution < 1.29 is 4.79 Å². The minimum atomic E-state index is -0.680. The van der Waals surface area contributed by atoms with E-state index in [1.54, 1.807) is 0 Å². The maximum absolute atomic E-state index is 11.5. The lowest BCUT2D eigenvalue weighted by Crippen LogP contribution is -2.21. The maximum Gasteiger partial charge on any atom is 0.341 e. The molecule has 0 aliphatic carbocycles. The van der Waals surface area contributed by atoms with Gasteiger partial charge in [0.05, 0.1) is 5.69 Å². The normalized spacial score (nSPS) is 10.8. The fraction of sp³-hybridized carbons (Fsp3) is 0. The SMILES string of the molecule is NC(=O)n1n[c]c2cc(-c3ccccc3)c(-c3ccccc3)nc21. The second-order valence-corrected chi connectivity index (χ2v) is 5.35. The van der Waals surface area contributed by atoms with Crippen LogP contribution in [0.5, 0.6) is 0 Å². The van der Waals surface area contributed by atoms with Crippen LogP contribution in [0.2, 0.25) is 0 Å². The van der Waals surface area contributed by atoms with Crippen LogP contribution in [0, 0.1) is 6.20 Å². The molecule has 24 heavy (non-hydrogen) atoms. The molecule has 0 aliphatic rings. The van der Waals surface area contributed by atoms with Gasteiger partial charge in [0.25, 0.3) is 0 Å². The molecule has 2 aromatic heterocycles. The van der Waals surface area contributed by atoms with Gasteiger partial charge in [-0.05, 0) is 11.6 Å². The summed E-state index contributed by atoms with van der Waals surface area (Å²) < 4.78 is 1.07. The van der Waals surface area contributed by atoms with Gasteiger partial charge in [-0.3, -0.25) is 0 Å². The summed E-state index contributed by atoms with van der Waals surface area (Å²) in [7, 11) is 0. The molecule has 4 aromatic rings. The fourth-order valence-electron chi connectivity index (χ4n) is 2.71. The largest absolute Gasteiger partial charge is 0.350 e. The van der Waals surface area contributed by atoms with E-state index in [9.17, 15) is 4.79 Å². The Labute approximate surface area is 138 Å². The molecular weight excluding hydrogens is 300 g/mol. The Morgan fingerprint density at radius 1 is 0.958 bits per heavy atom. The number of fused-ring (bicyclic) bond motifs is 1. The lowest BCUT2D eigenvalue weighted by Gasteiger charge is -2.10. The van der Waals surface area contributed by atoms with Gasteiger partial charge in [0.1, 0.15) is 6.20 Å². The first-order chi connectivity index (χ1) is 11.7. The number of rotatable bonds is 2. The lowest BCUT2D eigenvalue weighted by atomic mass is 9.98. The molecule has 5 heteroatoms. The van der Waals surface area contributed by atoms with Gasteiger partial charge in [-0.15, -0.1) is 0 Å². The van der Waals surface area contributed by atoms with E-state index in [2.05, 4.69) is 16.3 Å². The Bertz CT molecular complexity index is 1020. The minimum absolute atomic E-state index is 0.404. The van der Waals surface area contributed by atoms with E-state index in [1.807, 2.05) is 66.7 Å². The van der Waals surface area contributed by atoms with Crippen molar-refractivity contribution in [1.82, 2.24) is 14.8 Å². The van der Waals surface area contributed by atoms with Crippen LogP contribution in [0.25, 0.3) is 33.4 Å². The van der Waals surface area contributed by atoms with Gasteiger partial charge in [0, 0.05) is 16.5 Å². The molecule has 0 aliphatic heterocycles. The summed E-state index contributed by atoms with van der Waals surface area (Å²) in [6, 6.07) is 21.0. The monoisotopic (exact) mass is 313 g/mol. The van der Waals surface area contributed by atoms with Gasteiger partial charge in [-0.25, -0.2) is 9.78 Å². The van der Waals surface area contributed by atoms with Crippen LogP contribution in [0.15, 0.2) is 66.7 Å². The third kappa shape index (κ3) is 2.32. The van der Waals surface area contributed by atoms with E-state index >= 15 is 0 Å². The molecule has 2 heterocycles. The van der Waals surface area contributed by atoms with Crippen molar-refractivity contribution >= 4 is 17.1 Å². The fourth-order valence-corrected chi connectivity index (χ4v) is 2.71. The third-order valence-corrected chi connectivity index (χ3v) is 3.81. The highest BCUT2D eigenvalue weighted by Gasteiger charge is 2.16. The zero-order valence-electron chi connectivity index (χ0n) is 12.7. The molecule has 0 saturated carbocycles. The van der Waals surface area contributed by atoms with E-state index < -0.39 is 6.03 Å². The molecule has 0 bridgehead atoms. The van der Waals surface area contributed by atoms with Crippen LogP contribution >= 0.6 is 0 Å². The molecule has 1 amide bonds. The van der Waals surface area contributed by atoms with Crippen molar-refractivity contribution in [3.63, 3.8) is 0 Å². The van der Waals surface area contributed by atoms with Gasteiger partial charge in [0.15, 0.2) is 5.65 Å². The number of nitrogens with zero attached hydrogens (tertiary/aromatic N) is 3. The van der Waals surface area contributed by atoms with Crippen LogP contribution in [-0.4, -0.2) is 20.8 Å². The summed E-state index contributed by atoms with van der Waals surface area (Å²) in [6.07, 6.45) is 2.81. The average Bonchev–Trinajstić information content (AvgIpc) is 3.05. The molecule has 0 atom stereocenters. The maximum atomic E-state index is 11.5. The summed E-state index contributed by atoms with van der Waals surface area (Å²) in [5.41, 5.74) is 9.48. The number of carbonyl (C=O) groups excluding carboxylic acids is 1. The Morgan fingerprint density at radius 3 is 2.21 bits per heavy atom. The van der Waals surface area contributed by atoms with Crippen LogP contribution in [-0.2, 0) is 0 Å². The number of benzene rings is 2. The van der Waals surface area contributed by atoms with E-state index in [4.69, 9.17) is 5.73 Å². The summed E-state index contributed by atoms with van der Waals surface area (Å²) in [4.78, 5) is 16.2. The Kier molecular flexibility index (Phi) is 3.31. The summed E-state index contributed by atoms with van der Waals surface area (Å²) >= 11 is 0. The third-order valence-electron chi connectivity index (χ3n) is 3.81. The van der Waals surface area contributed by atoms with Gasteiger partial charge >= 0.3 is 6.03 Å². The highest BCUT2D eigenvalue weighted by atomic mass is 16.2. The standard InChI is InChI=1S/C19H13N4O/c20-19(24)23-18-15(12-21-23)11-16(13-7-3-1-4-8-13)17(22-18)14-9-5-2-6-10-14/h1-11H,(H2,20,24). The van der Waals surface area contributed by atoms with E-state index in [1.165, 1.54) is 0 Å². The number of carbonyl (C=O) groups is 1. The summed E-state index contributed by atoms with van der Waals surface area (Å²) in [5.74, 6) is 0. The quantitative estimate of drug-likeness (QED) is 0.615. The zero-order chi connectivity index (χ0) is 16.5. The van der Waals surface area contributed by atoms with Crippen LogP contribution in [0.3, 0.4) is 0 Å². The van der Waals surface area contributed by atoms with Crippen molar-refractivity contribution in [3.05, 3.63) is 72.9 Å². The Morgan fingerprint density at radius 2 is 1.58 bits per heavy atom. The van der Waals surface area contributed by atoms with Crippen molar-refractivity contribution in [2.75, 3.05) is 0 Å². The molecule has 4 rings (SSSR count). The first kappa shape index (κ1) is 14.1. The number of aromatic nitrogens is 3. The predicted molar refractivity (Wildman–Crippen MR) is 92.2 cm³/mol. The van der Waals surface area contributed by atoms with E-state index in [-0.39, 0.29) is 0 Å². The smallest absolute Gasteiger partial charge is 0.341 e. The molecule has 1 radical (unpaired) electrons. The predicted octanol–water partition coefficient (Wildman–Crippen LogP) is 3.49. The zero-order valence-corrected chi connectivity index (χ0v) is 12.7. The number of hydrogen-bond donors (Lipinski definition) is 1. The minimum Gasteiger partial charge on any atom is -0.350 e. The average molecular weight is 313 g/mol. The molecular formula is C19H13N4O. The molecule has 0 spiro atoms. The Balaban J connectivity index is 2.05. The molecule has 0 fully saturated rings. The number of hydrogen-bond acceptors (Lipinski definition) is 3. The van der Waals surface area contributed by atoms with E-state index in [0.717, 1.165) is 27.1 Å². The molecule has 0 unspecified atom stereocenters. The highest BCUT2D eigenvalue weighted by Crippen LogP contribution is 2.32. The van der Waals surface area contributed by atoms with Crippen LogP contribution in [0.1, 0.15) is 0 Å². The first-order valence-electron chi connectivity index (χ1n) is 7.46. The van der Waals surface area contributed by atoms with Gasteiger partial charge in [-0.2, -0.15) is 9.78 Å². The topological polar surface area (TPSA) is 73.8 Å². The molecule has 2 N–H and O–H groups in total. The van der Waals surface area contributed by atoms with Crippen molar-refractivity contribution in [2.24, 2.45) is 5.73 Å². The lowest BCUT2D eigenvalue weighted by molar-refractivity contribution is 0.248. The van der Waals surface area contributed by atoms with Crippen molar-refractivity contribution in [3.8, 4) is 22.4 Å². The van der Waals surface area contributed by atoms with Crippen molar-refractivity contribution in [2.45, 2.75) is 0 Å². The molecule has 0 saturated heterocycles. The summed E-state index contributed by atoms with van der Waals surface area (Å²) in [5, 5.41) is 4.56. The highest BCUT2D eigenvalue weighted by molar-refractivity contribution is 5.93. The second-order valence-electron chi connectivity index (χ2n) is 5.35. The van der Waals surface area contributed by atoms with Crippen LogP contribution in [0.4, 0.5) is 4.79 Å². The number of amides is 1. The first-order valence-corrected chi connectivity index (χ1v) is 7.46. The van der Waals surface area contributed by atoms with Crippen molar-refractivity contribution in [1.29, 1.82) is 0 Å². The Hall–Kier alpha value is -3.47. The van der Waals surface area contributed by atoms with Gasteiger partial charge < -0.3 is 5.73 Å². The van der Waals surface area contributed by atoms with Gasteiger partial charge in [-0.1, -0.05) is 60.7 Å². The number of pyridine rings is 1.